The molecule has 0 saturated heterocycles. The van der Waals surface area contributed by atoms with Crippen LogP contribution in [0.4, 0.5) is 5.69 Å². The zero-order chi connectivity index (χ0) is 20.6. The van der Waals surface area contributed by atoms with Crippen molar-refractivity contribution in [1.82, 2.24) is 0 Å². The van der Waals surface area contributed by atoms with Crippen LogP contribution < -0.4 is 14.4 Å². The molecule has 3 rings (SSSR count). The summed E-state index contributed by atoms with van der Waals surface area (Å²) in [6.07, 6.45) is 3.75. The fourth-order valence-electron chi connectivity index (χ4n) is 3.02. The smallest absolute Gasteiger partial charge is 0.331 e. The highest BCUT2D eigenvalue weighted by atomic mass is 16.5. The van der Waals surface area contributed by atoms with E-state index in [0.717, 1.165) is 17.7 Å². The van der Waals surface area contributed by atoms with Gasteiger partial charge in [0.15, 0.2) is 18.1 Å². The molecule has 0 aromatic heterocycles. The lowest BCUT2D eigenvalue weighted by atomic mass is 10.2. The topological polar surface area (TPSA) is 65.1 Å². The molecule has 2 aromatic carbocycles. The Morgan fingerprint density at radius 2 is 1.79 bits per heavy atom. The Hall–Kier alpha value is -3.28. The third kappa shape index (κ3) is 5.60. The van der Waals surface area contributed by atoms with Crippen molar-refractivity contribution in [3.05, 3.63) is 60.2 Å². The number of nitrogens with zero attached hydrogens (tertiary/aromatic N) is 1. The molecule has 0 saturated carbocycles. The molecule has 0 bridgehead atoms. The van der Waals surface area contributed by atoms with Gasteiger partial charge in [0.1, 0.15) is 0 Å². The third-order valence-corrected chi connectivity index (χ3v) is 4.34. The second-order valence-electron chi connectivity index (χ2n) is 6.89. The second-order valence-corrected chi connectivity index (χ2v) is 6.89. The van der Waals surface area contributed by atoms with E-state index in [1.165, 1.54) is 6.08 Å². The maximum atomic E-state index is 12.6. The molecular formula is C23H25NO5. The highest BCUT2D eigenvalue weighted by molar-refractivity contribution is 5.96. The Balaban J connectivity index is 1.58. The minimum absolute atomic E-state index is 0.0547. The number of ether oxygens (including phenoxy) is 3. The Morgan fingerprint density at radius 3 is 2.52 bits per heavy atom. The van der Waals surface area contributed by atoms with Gasteiger partial charge in [0.2, 0.25) is 0 Å². The standard InChI is InChI=1S/C23H25NO5/c1-17(2)24(19-7-4-3-5-8-19)22(25)16-29-23(26)12-10-18-9-11-20-21(15-18)28-14-6-13-27-20/h3-5,7-12,15,17H,6,13-14,16H2,1-2H3/b12-10+. The number of carbonyl (C=O) groups is 2. The Kier molecular flexibility index (Phi) is 6.89. The molecule has 0 aliphatic carbocycles. The van der Waals surface area contributed by atoms with Crippen LogP contribution in [0.25, 0.3) is 6.08 Å². The largest absolute Gasteiger partial charge is 0.490 e. The molecule has 0 atom stereocenters. The first-order chi connectivity index (χ1) is 14.0. The molecule has 152 valence electrons. The molecule has 6 heteroatoms. The van der Waals surface area contributed by atoms with E-state index in [1.807, 2.05) is 62.4 Å². The number of carbonyl (C=O) groups excluding carboxylic acids is 2. The van der Waals surface area contributed by atoms with Crippen LogP contribution in [0.1, 0.15) is 25.8 Å². The lowest BCUT2D eigenvalue weighted by Gasteiger charge is -2.26. The monoisotopic (exact) mass is 395 g/mol. The van der Waals surface area contributed by atoms with E-state index in [2.05, 4.69) is 0 Å². The van der Waals surface area contributed by atoms with E-state index >= 15 is 0 Å². The molecule has 0 N–H and O–H groups in total. The van der Waals surface area contributed by atoms with Gasteiger partial charge in [-0.05, 0) is 49.8 Å². The van der Waals surface area contributed by atoms with Crippen LogP contribution in [0, 0.1) is 0 Å². The summed E-state index contributed by atoms with van der Waals surface area (Å²) in [7, 11) is 0. The number of para-hydroxylation sites is 1. The molecule has 0 fully saturated rings. The molecule has 1 aliphatic heterocycles. The second kappa shape index (κ2) is 9.78. The van der Waals surface area contributed by atoms with E-state index in [1.54, 1.807) is 11.0 Å². The summed E-state index contributed by atoms with van der Waals surface area (Å²) >= 11 is 0. The Labute approximate surface area is 170 Å². The molecule has 0 radical (unpaired) electrons. The van der Waals surface area contributed by atoms with E-state index in [0.29, 0.717) is 24.7 Å². The van der Waals surface area contributed by atoms with Gasteiger partial charge in [-0.25, -0.2) is 4.79 Å². The number of hydrogen-bond acceptors (Lipinski definition) is 5. The minimum atomic E-state index is -0.581. The van der Waals surface area contributed by atoms with Crippen molar-refractivity contribution in [2.24, 2.45) is 0 Å². The van der Waals surface area contributed by atoms with Crippen molar-refractivity contribution >= 4 is 23.6 Å². The predicted molar refractivity (Wildman–Crippen MR) is 111 cm³/mol. The molecule has 0 spiro atoms. The summed E-state index contributed by atoms with van der Waals surface area (Å²) in [5, 5.41) is 0. The number of fused-ring (bicyclic) bond motifs is 1. The summed E-state index contributed by atoms with van der Waals surface area (Å²) in [6.45, 7) is 4.72. The number of rotatable bonds is 6. The lowest BCUT2D eigenvalue weighted by molar-refractivity contribution is -0.143. The molecular weight excluding hydrogens is 370 g/mol. The van der Waals surface area contributed by atoms with Gasteiger partial charge in [0.25, 0.3) is 5.91 Å². The summed E-state index contributed by atoms with van der Waals surface area (Å²) in [5.74, 6) is 0.497. The summed E-state index contributed by atoms with van der Waals surface area (Å²) in [6, 6.07) is 14.7. The van der Waals surface area contributed by atoms with Gasteiger partial charge in [0.05, 0.1) is 13.2 Å². The first kappa shape index (κ1) is 20.5. The molecule has 6 nitrogen and oxygen atoms in total. The van der Waals surface area contributed by atoms with Gasteiger partial charge in [0, 0.05) is 24.2 Å². The Bertz CT molecular complexity index is 876. The van der Waals surface area contributed by atoms with Crippen LogP contribution in [-0.4, -0.2) is 37.7 Å². The molecule has 1 amide bonds. The number of esters is 1. The molecule has 2 aromatic rings. The van der Waals surface area contributed by atoms with Crippen molar-refractivity contribution in [1.29, 1.82) is 0 Å². The summed E-state index contributed by atoms with van der Waals surface area (Å²) < 4.78 is 16.4. The summed E-state index contributed by atoms with van der Waals surface area (Å²) in [4.78, 5) is 26.2. The van der Waals surface area contributed by atoms with Crippen LogP contribution in [0.15, 0.2) is 54.6 Å². The summed E-state index contributed by atoms with van der Waals surface area (Å²) in [5.41, 5.74) is 1.55. The van der Waals surface area contributed by atoms with Crippen molar-refractivity contribution in [2.45, 2.75) is 26.3 Å². The van der Waals surface area contributed by atoms with Gasteiger partial charge in [-0.2, -0.15) is 0 Å². The van der Waals surface area contributed by atoms with E-state index in [9.17, 15) is 9.59 Å². The highest BCUT2D eigenvalue weighted by Gasteiger charge is 2.20. The van der Waals surface area contributed by atoms with Crippen molar-refractivity contribution in [3.8, 4) is 11.5 Å². The van der Waals surface area contributed by atoms with Gasteiger partial charge in [-0.1, -0.05) is 24.3 Å². The maximum Gasteiger partial charge on any atom is 0.331 e. The van der Waals surface area contributed by atoms with Crippen LogP contribution in [0.3, 0.4) is 0 Å². The normalized spacial score (nSPS) is 13.2. The molecule has 0 unspecified atom stereocenters. The maximum absolute atomic E-state index is 12.6. The van der Waals surface area contributed by atoms with Crippen molar-refractivity contribution < 1.29 is 23.8 Å². The fourth-order valence-corrected chi connectivity index (χ4v) is 3.02. The molecule has 29 heavy (non-hydrogen) atoms. The zero-order valence-corrected chi connectivity index (χ0v) is 16.7. The van der Waals surface area contributed by atoms with Crippen LogP contribution in [0.5, 0.6) is 11.5 Å². The van der Waals surface area contributed by atoms with Gasteiger partial charge in [-0.15, -0.1) is 0 Å². The van der Waals surface area contributed by atoms with Crippen LogP contribution in [-0.2, 0) is 14.3 Å². The average molecular weight is 395 g/mol. The van der Waals surface area contributed by atoms with E-state index in [4.69, 9.17) is 14.2 Å². The van der Waals surface area contributed by atoms with Crippen LogP contribution >= 0.6 is 0 Å². The number of anilines is 1. The van der Waals surface area contributed by atoms with Crippen LogP contribution in [0.2, 0.25) is 0 Å². The number of amides is 1. The SMILES string of the molecule is CC(C)N(C(=O)COC(=O)/C=C/c1ccc2c(c1)OCCCO2)c1ccccc1. The number of hydrogen-bond donors (Lipinski definition) is 0. The first-order valence-corrected chi connectivity index (χ1v) is 9.66. The van der Waals surface area contributed by atoms with E-state index in [-0.39, 0.29) is 18.6 Å². The van der Waals surface area contributed by atoms with Gasteiger partial charge < -0.3 is 19.1 Å². The molecule has 1 heterocycles. The van der Waals surface area contributed by atoms with Crippen molar-refractivity contribution in [3.63, 3.8) is 0 Å². The lowest BCUT2D eigenvalue weighted by Crippen LogP contribution is -2.39. The third-order valence-electron chi connectivity index (χ3n) is 4.34. The zero-order valence-electron chi connectivity index (χ0n) is 16.7. The van der Waals surface area contributed by atoms with Crippen molar-refractivity contribution in [2.75, 3.05) is 24.7 Å². The van der Waals surface area contributed by atoms with Gasteiger partial charge in [-0.3, -0.25) is 4.79 Å². The minimum Gasteiger partial charge on any atom is -0.490 e. The predicted octanol–water partition coefficient (Wildman–Crippen LogP) is 3.85. The quantitative estimate of drug-likeness (QED) is 0.549. The average Bonchev–Trinajstić information content (AvgIpc) is 2.96. The Morgan fingerprint density at radius 1 is 1.07 bits per heavy atom. The van der Waals surface area contributed by atoms with E-state index < -0.39 is 5.97 Å². The first-order valence-electron chi connectivity index (χ1n) is 9.66. The highest BCUT2D eigenvalue weighted by Crippen LogP contribution is 2.30. The molecule has 1 aliphatic rings. The van der Waals surface area contributed by atoms with Gasteiger partial charge >= 0.3 is 5.97 Å². The fraction of sp³-hybridized carbons (Fsp3) is 0.304. The number of benzene rings is 2.